The number of hydrogen-bond donors (Lipinski definition) is 1. The summed E-state index contributed by atoms with van der Waals surface area (Å²) in [6, 6.07) is 18.0. The van der Waals surface area contributed by atoms with E-state index in [4.69, 9.17) is 4.42 Å². The number of para-hydroxylation sites is 2. The maximum Gasteiger partial charge on any atom is 0.289 e. The minimum atomic E-state index is -0.497. The van der Waals surface area contributed by atoms with Gasteiger partial charge in [-0.05, 0) is 29.8 Å². The Morgan fingerprint density at radius 2 is 1.83 bits per heavy atom. The zero-order valence-electron chi connectivity index (χ0n) is 16.0. The minimum absolute atomic E-state index is 0.0554. The number of benzene rings is 2. The van der Waals surface area contributed by atoms with Crippen LogP contribution in [0.1, 0.15) is 16.1 Å². The number of amides is 1. The first-order valence-electron chi connectivity index (χ1n) is 9.14. The van der Waals surface area contributed by atoms with Crippen molar-refractivity contribution in [3.05, 3.63) is 98.5 Å². The Kier molecular flexibility index (Phi) is 4.89. The second-order valence-electron chi connectivity index (χ2n) is 6.80. The van der Waals surface area contributed by atoms with Crippen LogP contribution in [0, 0.1) is 10.1 Å². The number of H-pyrrole nitrogens is 1. The van der Waals surface area contributed by atoms with Crippen LogP contribution in [0.15, 0.2) is 75.9 Å². The molecule has 0 aliphatic rings. The molecule has 2 aromatic carbocycles. The molecule has 0 saturated carbocycles. The molecule has 0 fully saturated rings. The van der Waals surface area contributed by atoms with E-state index in [9.17, 15) is 19.7 Å². The third-order valence-corrected chi connectivity index (χ3v) is 4.77. The molecule has 30 heavy (non-hydrogen) atoms. The molecule has 0 saturated heterocycles. The number of rotatable bonds is 5. The van der Waals surface area contributed by atoms with E-state index in [0.717, 1.165) is 5.39 Å². The third kappa shape index (κ3) is 3.58. The first kappa shape index (κ1) is 19.1. The van der Waals surface area contributed by atoms with Crippen molar-refractivity contribution in [2.24, 2.45) is 0 Å². The Balaban J connectivity index is 1.61. The average molecular weight is 403 g/mol. The van der Waals surface area contributed by atoms with Gasteiger partial charge in [-0.15, -0.1) is 0 Å². The highest BCUT2D eigenvalue weighted by Gasteiger charge is 2.21. The van der Waals surface area contributed by atoms with Gasteiger partial charge in [0.05, 0.1) is 10.5 Å². The molecule has 8 nitrogen and oxygen atoms in total. The smallest absolute Gasteiger partial charge is 0.289 e. The van der Waals surface area contributed by atoms with E-state index < -0.39 is 10.8 Å². The summed E-state index contributed by atoms with van der Waals surface area (Å²) in [5.74, 6) is -0.107. The number of fused-ring (bicyclic) bond motifs is 1. The number of nitrogens with zero attached hydrogens (tertiary/aromatic N) is 2. The van der Waals surface area contributed by atoms with Gasteiger partial charge in [0.15, 0.2) is 5.76 Å². The predicted molar refractivity (Wildman–Crippen MR) is 111 cm³/mol. The highest BCUT2D eigenvalue weighted by atomic mass is 16.6. The number of carbonyl (C=O) groups is 1. The van der Waals surface area contributed by atoms with Crippen molar-refractivity contribution < 1.29 is 14.1 Å². The number of pyridine rings is 1. The molecule has 150 valence electrons. The van der Waals surface area contributed by atoms with Gasteiger partial charge in [0.25, 0.3) is 11.6 Å². The van der Waals surface area contributed by atoms with Crippen molar-refractivity contribution in [2.45, 2.75) is 6.54 Å². The Labute approximate surface area is 170 Å². The van der Waals surface area contributed by atoms with Crippen LogP contribution < -0.4 is 5.56 Å². The summed E-state index contributed by atoms with van der Waals surface area (Å²) in [5.41, 5.74) is 1.34. The fourth-order valence-electron chi connectivity index (χ4n) is 3.36. The van der Waals surface area contributed by atoms with Crippen LogP contribution in [0.3, 0.4) is 0 Å². The standard InChI is InChI=1S/C22H17N3O5/c1-24(13-14-12-21(26)23-17-8-4-2-6-15(14)17)22(27)20-11-10-19(30-20)16-7-3-5-9-18(16)25(28)29/h2-12H,13H2,1H3,(H,23,26). The van der Waals surface area contributed by atoms with Gasteiger partial charge in [0.1, 0.15) is 5.76 Å². The van der Waals surface area contributed by atoms with E-state index in [1.807, 2.05) is 18.2 Å². The highest BCUT2D eigenvalue weighted by Crippen LogP contribution is 2.31. The van der Waals surface area contributed by atoms with E-state index >= 15 is 0 Å². The molecule has 4 aromatic rings. The van der Waals surface area contributed by atoms with Crippen molar-refractivity contribution in [3.8, 4) is 11.3 Å². The van der Waals surface area contributed by atoms with E-state index in [0.29, 0.717) is 16.6 Å². The molecule has 4 rings (SSSR count). The third-order valence-electron chi connectivity index (χ3n) is 4.77. The summed E-state index contributed by atoms with van der Waals surface area (Å²) >= 11 is 0. The van der Waals surface area contributed by atoms with E-state index in [1.54, 1.807) is 31.3 Å². The number of furan rings is 1. The average Bonchev–Trinajstić information content (AvgIpc) is 3.23. The predicted octanol–water partition coefficient (Wildman–Crippen LogP) is 3.97. The quantitative estimate of drug-likeness (QED) is 0.401. The summed E-state index contributed by atoms with van der Waals surface area (Å²) < 4.78 is 5.63. The summed E-state index contributed by atoms with van der Waals surface area (Å²) in [6.45, 7) is 0.199. The summed E-state index contributed by atoms with van der Waals surface area (Å²) in [6.07, 6.45) is 0. The molecule has 0 unspecified atom stereocenters. The fraction of sp³-hybridized carbons (Fsp3) is 0.0909. The Bertz CT molecular complexity index is 1320. The van der Waals surface area contributed by atoms with Crippen LogP contribution in [0.5, 0.6) is 0 Å². The lowest BCUT2D eigenvalue weighted by Crippen LogP contribution is -2.26. The van der Waals surface area contributed by atoms with Crippen molar-refractivity contribution in [2.75, 3.05) is 7.05 Å². The van der Waals surface area contributed by atoms with E-state index in [-0.39, 0.29) is 29.3 Å². The Hall–Kier alpha value is -4.20. The molecule has 1 N–H and O–H groups in total. The SMILES string of the molecule is CN(Cc1cc(=O)[nH]c2ccccc12)C(=O)c1ccc(-c2ccccc2[N+](=O)[O-])o1. The number of aromatic amines is 1. The molecule has 8 heteroatoms. The van der Waals surface area contributed by atoms with Crippen molar-refractivity contribution in [3.63, 3.8) is 0 Å². The molecule has 2 aromatic heterocycles. The topological polar surface area (TPSA) is 109 Å². The maximum absolute atomic E-state index is 12.8. The number of nitro benzene ring substituents is 1. The first-order valence-corrected chi connectivity index (χ1v) is 9.14. The summed E-state index contributed by atoms with van der Waals surface area (Å²) in [7, 11) is 1.60. The molecular weight excluding hydrogens is 386 g/mol. The lowest BCUT2D eigenvalue weighted by atomic mass is 10.1. The van der Waals surface area contributed by atoms with Crippen LogP contribution >= 0.6 is 0 Å². The Morgan fingerprint density at radius 3 is 2.63 bits per heavy atom. The molecule has 0 aliphatic carbocycles. The highest BCUT2D eigenvalue weighted by molar-refractivity contribution is 5.92. The fourth-order valence-corrected chi connectivity index (χ4v) is 3.36. The summed E-state index contributed by atoms with van der Waals surface area (Å²) in [5, 5.41) is 12.1. The zero-order valence-corrected chi connectivity index (χ0v) is 16.0. The van der Waals surface area contributed by atoms with Crippen LogP contribution in [-0.2, 0) is 6.54 Å². The second kappa shape index (κ2) is 7.67. The number of carbonyl (C=O) groups excluding carboxylic acids is 1. The van der Waals surface area contributed by atoms with Gasteiger partial charge in [-0.1, -0.05) is 30.3 Å². The number of aromatic nitrogens is 1. The van der Waals surface area contributed by atoms with Gasteiger partial charge in [-0.3, -0.25) is 19.7 Å². The van der Waals surface area contributed by atoms with Gasteiger partial charge in [-0.25, -0.2) is 0 Å². The molecule has 0 atom stereocenters. The molecule has 0 bridgehead atoms. The lowest BCUT2D eigenvalue weighted by molar-refractivity contribution is -0.384. The number of nitro groups is 1. The number of hydrogen-bond acceptors (Lipinski definition) is 5. The summed E-state index contributed by atoms with van der Waals surface area (Å²) in [4.78, 5) is 39.7. The van der Waals surface area contributed by atoms with Gasteiger partial charge < -0.3 is 14.3 Å². The van der Waals surface area contributed by atoms with Crippen LogP contribution in [0.4, 0.5) is 5.69 Å². The van der Waals surface area contributed by atoms with Crippen molar-refractivity contribution in [1.82, 2.24) is 9.88 Å². The lowest BCUT2D eigenvalue weighted by Gasteiger charge is -2.17. The number of nitrogens with one attached hydrogen (secondary N) is 1. The van der Waals surface area contributed by atoms with Crippen molar-refractivity contribution >= 4 is 22.5 Å². The van der Waals surface area contributed by atoms with Crippen LogP contribution in [0.2, 0.25) is 0 Å². The molecular formula is C22H17N3O5. The van der Waals surface area contributed by atoms with Gasteiger partial charge >= 0.3 is 0 Å². The van der Waals surface area contributed by atoms with Gasteiger partial charge in [-0.2, -0.15) is 0 Å². The second-order valence-corrected chi connectivity index (χ2v) is 6.80. The molecule has 0 spiro atoms. The van der Waals surface area contributed by atoms with Gasteiger partial charge in [0.2, 0.25) is 5.56 Å². The molecule has 0 aliphatic heterocycles. The molecule has 1 amide bonds. The monoisotopic (exact) mass is 403 g/mol. The largest absolute Gasteiger partial charge is 0.451 e. The van der Waals surface area contributed by atoms with E-state index in [1.165, 1.54) is 29.2 Å². The van der Waals surface area contributed by atoms with Crippen LogP contribution in [-0.4, -0.2) is 27.8 Å². The van der Waals surface area contributed by atoms with Gasteiger partial charge in [0, 0.05) is 36.6 Å². The van der Waals surface area contributed by atoms with Crippen molar-refractivity contribution in [1.29, 1.82) is 0 Å². The minimum Gasteiger partial charge on any atom is -0.451 e. The van der Waals surface area contributed by atoms with Crippen LogP contribution in [0.25, 0.3) is 22.2 Å². The normalized spacial score (nSPS) is 10.8. The zero-order chi connectivity index (χ0) is 21.3. The maximum atomic E-state index is 12.8. The van der Waals surface area contributed by atoms with E-state index in [2.05, 4.69) is 4.98 Å². The molecule has 0 radical (unpaired) electrons. The molecule has 2 heterocycles. The Morgan fingerprint density at radius 1 is 1.10 bits per heavy atom. The first-order chi connectivity index (χ1) is 14.4.